The Morgan fingerprint density at radius 3 is 2.47 bits per heavy atom. The number of halogens is 4. The van der Waals surface area contributed by atoms with Crippen LogP contribution in [-0.4, -0.2) is 26.6 Å². The molecule has 0 saturated heterocycles. The third kappa shape index (κ3) is 4.07. The molecule has 7 nitrogen and oxygen atoms in total. The van der Waals surface area contributed by atoms with Gasteiger partial charge in [-0.15, -0.1) is 11.3 Å². The molecule has 0 aliphatic carbocycles. The third-order valence-corrected chi connectivity index (χ3v) is 6.39. The van der Waals surface area contributed by atoms with Crippen LogP contribution >= 0.6 is 33.9 Å². The molecule has 0 unspecified atom stereocenters. The van der Waals surface area contributed by atoms with Crippen molar-refractivity contribution in [2.24, 2.45) is 12.8 Å². The molecule has 0 saturated carbocycles. The average Bonchev–Trinajstić information content (AvgIpc) is 3.26. The van der Waals surface area contributed by atoms with Crippen LogP contribution in [0.25, 0.3) is 21.3 Å². The summed E-state index contributed by atoms with van der Waals surface area (Å²) in [5.74, 6) is -1.53. The second-order valence-electron chi connectivity index (χ2n) is 6.72. The Hall–Kier alpha value is -3.00. The molecule has 0 aliphatic heterocycles. The van der Waals surface area contributed by atoms with Crippen LogP contribution in [-0.2, 0) is 13.2 Å². The van der Waals surface area contributed by atoms with Gasteiger partial charge in [0.25, 0.3) is 11.8 Å². The molecule has 0 atom stereocenters. The number of hydrogen-bond donors (Lipinski definition) is 2. The molecule has 0 fully saturated rings. The Kier molecular flexibility index (Phi) is 5.67. The standard InChI is InChI=1S/C20H13F3IN5O2S/c1-29-8-11(24)14(28-29)18(31)27-15-13-10(9-5-3-2-4-6-9)7-12(20(21,22)23)26-19(13)32-16(15)17(25)30/h2-8H,1H3,(H2,25,30)(H,27,31). The van der Waals surface area contributed by atoms with Crippen LogP contribution < -0.4 is 11.1 Å². The van der Waals surface area contributed by atoms with Gasteiger partial charge in [-0.1, -0.05) is 30.3 Å². The molecule has 3 aromatic heterocycles. The SMILES string of the molecule is Cn1cc(I)c(C(=O)Nc2c(C(N)=O)sc3nc(C(F)(F)F)cc(-c4ccccc4)c23)n1. The molecule has 32 heavy (non-hydrogen) atoms. The summed E-state index contributed by atoms with van der Waals surface area (Å²) < 4.78 is 42.6. The molecule has 0 spiro atoms. The summed E-state index contributed by atoms with van der Waals surface area (Å²) in [4.78, 5) is 28.6. The largest absolute Gasteiger partial charge is 0.433 e. The van der Waals surface area contributed by atoms with Gasteiger partial charge in [-0.2, -0.15) is 18.3 Å². The van der Waals surface area contributed by atoms with E-state index in [4.69, 9.17) is 5.73 Å². The molecule has 2 amide bonds. The van der Waals surface area contributed by atoms with Crippen molar-refractivity contribution in [3.05, 3.63) is 62.4 Å². The number of fused-ring (bicyclic) bond motifs is 1. The molecule has 1 aromatic carbocycles. The Morgan fingerprint density at radius 1 is 1.22 bits per heavy atom. The zero-order valence-corrected chi connectivity index (χ0v) is 19.2. The van der Waals surface area contributed by atoms with Crippen molar-refractivity contribution in [1.29, 1.82) is 0 Å². The van der Waals surface area contributed by atoms with Crippen molar-refractivity contribution in [2.45, 2.75) is 6.18 Å². The number of anilines is 1. The third-order valence-electron chi connectivity index (χ3n) is 4.50. The number of benzene rings is 1. The highest BCUT2D eigenvalue weighted by molar-refractivity contribution is 14.1. The van der Waals surface area contributed by atoms with Gasteiger partial charge in [0.1, 0.15) is 15.4 Å². The fourth-order valence-corrected chi connectivity index (χ4v) is 4.93. The number of aryl methyl sites for hydroxylation is 1. The van der Waals surface area contributed by atoms with Gasteiger partial charge >= 0.3 is 6.18 Å². The minimum atomic E-state index is -4.71. The van der Waals surface area contributed by atoms with Crippen LogP contribution in [0.5, 0.6) is 0 Å². The van der Waals surface area contributed by atoms with E-state index in [2.05, 4.69) is 15.4 Å². The summed E-state index contributed by atoms with van der Waals surface area (Å²) in [5, 5.41) is 6.91. The lowest BCUT2D eigenvalue weighted by atomic mass is 10.0. The monoisotopic (exact) mass is 571 g/mol. The van der Waals surface area contributed by atoms with Crippen molar-refractivity contribution in [1.82, 2.24) is 14.8 Å². The number of alkyl halides is 3. The smallest absolute Gasteiger partial charge is 0.365 e. The Labute approximate surface area is 196 Å². The summed E-state index contributed by atoms with van der Waals surface area (Å²) in [5.41, 5.74) is 5.11. The minimum absolute atomic E-state index is 0.00373. The van der Waals surface area contributed by atoms with Crippen molar-refractivity contribution in [2.75, 3.05) is 5.32 Å². The number of nitrogens with one attached hydrogen (secondary N) is 1. The zero-order chi connectivity index (χ0) is 23.2. The van der Waals surface area contributed by atoms with Gasteiger partial charge in [0, 0.05) is 18.6 Å². The number of pyridine rings is 1. The lowest BCUT2D eigenvalue weighted by Gasteiger charge is -2.12. The first-order valence-corrected chi connectivity index (χ1v) is 10.9. The quantitative estimate of drug-likeness (QED) is 0.348. The second kappa shape index (κ2) is 8.16. The molecular formula is C20H13F3IN5O2S. The Morgan fingerprint density at radius 2 is 1.91 bits per heavy atom. The number of carbonyl (C=O) groups is 2. The van der Waals surface area contributed by atoms with Crippen molar-refractivity contribution < 1.29 is 22.8 Å². The van der Waals surface area contributed by atoms with E-state index >= 15 is 0 Å². The number of thiophene rings is 1. The molecule has 3 N–H and O–H groups in total. The van der Waals surface area contributed by atoms with Crippen LogP contribution in [0.15, 0.2) is 42.6 Å². The maximum absolute atomic E-state index is 13.5. The number of rotatable bonds is 4. The number of hydrogen-bond acceptors (Lipinski definition) is 5. The van der Waals surface area contributed by atoms with Crippen LogP contribution in [0.2, 0.25) is 0 Å². The number of nitrogens with two attached hydrogens (primary N) is 1. The van der Waals surface area contributed by atoms with Crippen LogP contribution in [0.4, 0.5) is 18.9 Å². The van der Waals surface area contributed by atoms with Crippen LogP contribution in [0, 0.1) is 3.57 Å². The van der Waals surface area contributed by atoms with E-state index in [1.165, 1.54) is 4.68 Å². The summed E-state index contributed by atoms with van der Waals surface area (Å²) in [6, 6.07) is 9.22. The molecule has 4 aromatic rings. The van der Waals surface area contributed by atoms with Crippen molar-refractivity contribution in [3.63, 3.8) is 0 Å². The average molecular weight is 571 g/mol. The lowest BCUT2D eigenvalue weighted by molar-refractivity contribution is -0.140. The van der Waals surface area contributed by atoms with Crippen LogP contribution in [0.3, 0.4) is 0 Å². The topological polar surface area (TPSA) is 103 Å². The highest BCUT2D eigenvalue weighted by Crippen LogP contribution is 2.43. The molecule has 0 bridgehead atoms. The number of carbonyl (C=O) groups excluding carboxylic acids is 2. The summed E-state index contributed by atoms with van der Waals surface area (Å²) in [6.07, 6.45) is -3.08. The van der Waals surface area contributed by atoms with Gasteiger partial charge in [0.05, 0.1) is 9.26 Å². The van der Waals surface area contributed by atoms with E-state index in [1.54, 1.807) is 43.6 Å². The summed E-state index contributed by atoms with van der Waals surface area (Å²) in [6.45, 7) is 0. The maximum Gasteiger partial charge on any atom is 0.433 e. The normalized spacial score (nSPS) is 11.7. The predicted molar refractivity (Wildman–Crippen MR) is 122 cm³/mol. The van der Waals surface area contributed by atoms with Gasteiger partial charge in [0.2, 0.25) is 0 Å². The van der Waals surface area contributed by atoms with Crippen molar-refractivity contribution in [3.8, 4) is 11.1 Å². The summed E-state index contributed by atoms with van der Waals surface area (Å²) in [7, 11) is 1.64. The highest BCUT2D eigenvalue weighted by Gasteiger charge is 2.35. The second-order valence-corrected chi connectivity index (χ2v) is 8.88. The first-order chi connectivity index (χ1) is 15.1. The molecule has 0 aliphatic rings. The fraction of sp³-hybridized carbons (Fsp3) is 0.100. The molecule has 4 rings (SSSR count). The number of nitrogens with zero attached hydrogens (tertiary/aromatic N) is 3. The van der Waals surface area contributed by atoms with Gasteiger partial charge in [-0.05, 0) is 39.8 Å². The summed E-state index contributed by atoms with van der Waals surface area (Å²) >= 11 is 2.63. The Bertz CT molecular complexity index is 1370. The van der Waals surface area contributed by atoms with E-state index in [-0.39, 0.29) is 32.0 Å². The fourth-order valence-electron chi connectivity index (χ4n) is 3.17. The first kappa shape index (κ1) is 22.2. The van der Waals surface area contributed by atoms with Gasteiger partial charge in [-0.3, -0.25) is 14.3 Å². The molecule has 0 radical (unpaired) electrons. The van der Waals surface area contributed by atoms with Gasteiger partial charge < -0.3 is 11.1 Å². The van der Waals surface area contributed by atoms with E-state index in [0.717, 1.165) is 6.07 Å². The van der Waals surface area contributed by atoms with Crippen molar-refractivity contribution >= 4 is 61.6 Å². The highest BCUT2D eigenvalue weighted by atomic mass is 127. The molecule has 12 heteroatoms. The van der Waals surface area contributed by atoms with Crippen LogP contribution in [0.1, 0.15) is 25.9 Å². The maximum atomic E-state index is 13.5. The lowest BCUT2D eigenvalue weighted by Crippen LogP contribution is -2.18. The Balaban J connectivity index is 1.99. The molecule has 3 heterocycles. The number of amides is 2. The molecule has 164 valence electrons. The van der Waals surface area contributed by atoms with Gasteiger partial charge in [-0.25, -0.2) is 4.98 Å². The number of primary amides is 1. The van der Waals surface area contributed by atoms with Gasteiger partial charge in [0.15, 0.2) is 5.69 Å². The minimum Gasteiger partial charge on any atom is -0.365 e. The zero-order valence-electron chi connectivity index (χ0n) is 16.2. The van der Waals surface area contributed by atoms with E-state index in [1.807, 2.05) is 22.6 Å². The number of aromatic nitrogens is 3. The van der Waals surface area contributed by atoms with E-state index in [0.29, 0.717) is 20.5 Å². The predicted octanol–water partition coefficient (Wildman–Crippen LogP) is 4.67. The van der Waals surface area contributed by atoms with E-state index < -0.39 is 23.7 Å². The first-order valence-electron chi connectivity index (χ1n) is 8.96. The molecular weight excluding hydrogens is 558 g/mol. The van der Waals surface area contributed by atoms with E-state index in [9.17, 15) is 22.8 Å².